The number of methoxy groups -OCH3 is 2. The lowest BCUT2D eigenvalue weighted by Crippen LogP contribution is -2.32. The molecule has 0 bridgehead atoms. The van der Waals surface area contributed by atoms with Crippen molar-refractivity contribution in [2.45, 2.75) is 13.0 Å². The van der Waals surface area contributed by atoms with Gasteiger partial charge in [0.05, 0.1) is 20.3 Å². The Morgan fingerprint density at radius 3 is 2.32 bits per heavy atom. The lowest BCUT2D eigenvalue weighted by molar-refractivity contribution is -0.150. The van der Waals surface area contributed by atoms with Crippen LogP contribution in [0.4, 0.5) is 4.39 Å². The van der Waals surface area contributed by atoms with Gasteiger partial charge in [0.2, 0.25) is 0 Å². The summed E-state index contributed by atoms with van der Waals surface area (Å²) < 4.78 is 33.3. The SMILES string of the molecule is COc1ccc(OC)c([C@@H](C)NC(=O)COC(=O)COc2ccc(F)cc2)c1. The predicted molar refractivity (Wildman–Crippen MR) is 99.0 cm³/mol. The molecule has 1 amide bonds. The van der Waals surface area contributed by atoms with E-state index in [4.69, 9.17) is 18.9 Å². The fourth-order valence-electron chi connectivity index (χ4n) is 2.40. The van der Waals surface area contributed by atoms with Crippen molar-refractivity contribution in [3.05, 3.63) is 53.8 Å². The van der Waals surface area contributed by atoms with Crippen LogP contribution in [0, 0.1) is 5.82 Å². The van der Waals surface area contributed by atoms with E-state index in [-0.39, 0.29) is 0 Å². The third kappa shape index (κ3) is 6.15. The van der Waals surface area contributed by atoms with Gasteiger partial charge in [0.1, 0.15) is 23.1 Å². The number of hydrogen-bond acceptors (Lipinski definition) is 6. The summed E-state index contributed by atoms with van der Waals surface area (Å²) in [7, 11) is 3.07. The third-order valence-electron chi connectivity index (χ3n) is 3.82. The number of hydrogen-bond donors (Lipinski definition) is 1. The molecule has 2 rings (SSSR count). The Morgan fingerprint density at radius 2 is 1.68 bits per heavy atom. The molecular weight excluding hydrogens is 369 g/mol. The lowest BCUT2D eigenvalue weighted by atomic mass is 10.1. The molecule has 2 aromatic rings. The minimum absolute atomic E-state index is 0.321. The second-order valence-electron chi connectivity index (χ2n) is 5.80. The van der Waals surface area contributed by atoms with E-state index in [0.29, 0.717) is 17.2 Å². The summed E-state index contributed by atoms with van der Waals surface area (Å²) in [5.74, 6) is -0.0620. The molecular formula is C20H22FNO6. The van der Waals surface area contributed by atoms with Crippen molar-refractivity contribution in [3.8, 4) is 17.2 Å². The monoisotopic (exact) mass is 391 g/mol. The zero-order chi connectivity index (χ0) is 20.5. The van der Waals surface area contributed by atoms with Crippen molar-refractivity contribution in [1.29, 1.82) is 0 Å². The van der Waals surface area contributed by atoms with Crippen molar-refractivity contribution in [3.63, 3.8) is 0 Å². The minimum atomic E-state index is -0.717. The van der Waals surface area contributed by atoms with Gasteiger partial charge >= 0.3 is 5.97 Å². The summed E-state index contributed by atoms with van der Waals surface area (Å²) in [6.07, 6.45) is 0. The molecule has 0 radical (unpaired) electrons. The van der Waals surface area contributed by atoms with Crippen molar-refractivity contribution < 1.29 is 32.9 Å². The Bertz CT molecular complexity index is 809. The molecule has 0 aliphatic carbocycles. The molecule has 0 heterocycles. The van der Waals surface area contributed by atoms with E-state index in [0.717, 1.165) is 5.56 Å². The molecule has 8 heteroatoms. The largest absolute Gasteiger partial charge is 0.497 e. The summed E-state index contributed by atoms with van der Waals surface area (Å²) in [5.41, 5.74) is 0.723. The van der Waals surface area contributed by atoms with Crippen LogP contribution in [0.1, 0.15) is 18.5 Å². The van der Waals surface area contributed by atoms with Gasteiger partial charge in [-0.25, -0.2) is 9.18 Å². The van der Waals surface area contributed by atoms with Crippen LogP contribution in [0.25, 0.3) is 0 Å². The molecule has 28 heavy (non-hydrogen) atoms. The van der Waals surface area contributed by atoms with Crippen molar-refractivity contribution >= 4 is 11.9 Å². The van der Waals surface area contributed by atoms with Crippen LogP contribution in [0.3, 0.4) is 0 Å². The molecule has 0 saturated carbocycles. The number of rotatable bonds is 9. The summed E-state index contributed by atoms with van der Waals surface area (Å²) in [4.78, 5) is 23.7. The van der Waals surface area contributed by atoms with Gasteiger partial charge in [0, 0.05) is 5.56 Å². The molecule has 1 atom stereocenters. The van der Waals surface area contributed by atoms with Crippen LogP contribution >= 0.6 is 0 Å². The molecule has 0 saturated heterocycles. The maximum absolute atomic E-state index is 12.8. The summed E-state index contributed by atoms with van der Waals surface area (Å²) in [6, 6.07) is 10.0. The number of carbonyl (C=O) groups is 2. The molecule has 0 unspecified atom stereocenters. The Balaban J connectivity index is 1.81. The normalized spacial score (nSPS) is 11.3. The molecule has 0 fully saturated rings. The van der Waals surface area contributed by atoms with E-state index in [1.807, 2.05) is 0 Å². The first-order chi connectivity index (χ1) is 13.4. The van der Waals surface area contributed by atoms with E-state index in [2.05, 4.69) is 5.32 Å². The number of halogens is 1. The molecule has 7 nitrogen and oxygen atoms in total. The van der Waals surface area contributed by atoms with Crippen molar-refractivity contribution in [1.82, 2.24) is 5.32 Å². The van der Waals surface area contributed by atoms with Gasteiger partial charge in [-0.2, -0.15) is 0 Å². The number of benzene rings is 2. The van der Waals surface area contributed by atoms with Gasteiger partial charge in [-0.3, -0.25) is 4.79 Å². The number of ether oxygens (including phenoxy) is 4. The molecule has 0 aliphatic rings. The molecule has 0 spiro atoms. The highest BCUT2D eigenvalue weighted by molar-refractivity contribution is 5.81. The zero-order valence-electron chi connectivity index (χ0n) is 15.9. The lowest BCUT2D eigenvalue weighted by Gasteiger charge is -2.18. The van der Waals surface area contributed by atoms with Crippen LogP contribution in [0.5, 0.6) is 17.2 Å². The topological polar surface area (TPSA) is 83.1 Å². The average Bonchev–Trinajstić information content (AvgIpc) is 2.71. The molecule has 0 aromatic heterocycles. The Morgan fingerprint density at radius 1 is 1.00 bits per heavy atom. The fraction of sp³-hybridized carbons (Fsp3) is 0.300. The highest BCUT2D eigenvalue weighted by Crippen LogP contribution is 2.29. The summed E-state index contributed by atoms with van der Waals surface area (Å²) in [5, 5.41) is 2.72. The zero-order valence-corrected chi connectivity index (χ0v) is 15.9. The van der Waals surface area contributed by atoms with Gasteiger partial charge in [-0.1, -0.05) is 0 Å². The van der Waals surface area contributed by atoms with Gasteiger partial charge in [-0.05, 0) is 49.4 Å². The van der Waals surface area contributed by atoms with Crippen LogP contribution < -0.4 is 19.5 Å². The van der Waals surface area contributed by atoms with Gasteiger partial charge in [-0.15, -0.1) is 0 Å². The van der Waals surface area contributed by atoms with Crippen LogP contribution in [0.2, 0.25) is 0 Å². The Hall–Kier alpha value is -3.29. The first-order valence-corrected chi connectivity index (χ1v) is 8.48. The molecule has 2 aromatic carbocycles. The van der Waals surface area contributed by atoms with Crippen LogP contribution in [-0.2, 0) is 14.3 Å². The quantitative estimate of drug-likeness (QED) is 0.662. The Labute approximate surface area is 162 Å². The first kappa shape index (κ1) is 21.0. The average molecular weight is 391 g/mol. The minimum Gasteiger partial charge on any atom is -0.497 e. The predicted octanol–water partition coefficient (Wildman–Crippen LogP) is 2.64. The molecule has 0 aliphatic heterocycles. The summed E-state index contributed by atoms with van der Waals surface area (Å²) >= 11 is 0. The van der Waals surface area contributed by atoms with E-state index in [9.17, 15) is 14.0 Å². The van der Waals surface area contributed by atoms with Crippen molar-refractivity contribution in [2.75, 3.05) is 27.4 Å². The van der Waals surface area contributed by atoms with E-state index >= 15 is 0 Å². The van der Waals surface area contributed by atoms with Crippen molar-refractivity contribution in [2.24, 2.45) is 0 Å². The van der Waals surface area contributed by atoms with Crippen LogP contribution in [0.15, 0.2) is 42.5 Å². The fourth-order valence-corrected chi connectivity index (χ4v) is 2.40. The standard InChI is InChI=1S/C20H22FNO6/c1-13(17-10-16(25-2)8-9-18(17)26-3)22-19(23)11-28-20(24)12-27-15-6-4-14(21)5-7-15/h4-10,13H,11-12H2,1-3H3,(H,22,23)/t13-/m1/s1. The van der Waals surface area contributed by atoms with E-state index in [1.165, 1.54) is 31.4 Å². The number of carbonyl (C=O) groups excluding carboxylic acids is 2. The maximum atomic E-state index is 12.8. The molecule has 150 valence electrons. The summed E-state index contributed by atoms with van der Waals surface area (Å²) in [6.45, 7) is 0.926. The smallest absolute Gasteiger partial charge is 0.344 e. The maximum Gasteiger partial charge on any atom is 0.344 e. The van der Waals surface area contributed by atoms with E-state index < -0.39 is 36.9 Å². The van der Waals surface area contributed by atoms with Gasteiger partial charge < -0.3 is 24.3 Å². The number of esters is 1. The van der Waals surface area contributed by atoms with Gasteiger partial charge in [0.15, 0.2) is 13.2 Å². The third-order valence-corrected chi connectivity index (χ3v) is 3.82. The Kier molecular flexibility index (Phi) is 7.62. The second-order valence-corrected chi connectivity index (χ2v) is 5.80. The number of nitrogens with one attached hydrogen (secondary N) is 1. The van der Waals surface area contributed by atoms with Gasteiger partial charge in [0.25, 0.3) is 5.91 Å². The molecule has 1 N–H and O–H groups in total. The highest BCUT2D eigenvalue weighted by atomic mass is 19.1. The number of amides is 1. The first-order valence-electron chi connectivity index (χ1n) is 8.48. The van der Waals surface area contributed by atoms with Crippen LogP contribution in [-0.4, -0.2) is 39.3 Å². The highest BCUT2D eigenvalue weighted by Gasteiger charge is 2.16. The van der Waals surface area contributed by atoms with E-state index in [1.54, 1.807) is 32.2 Å². The second kappa shape index (κ2) is 10.1.